The van der Waals surface area contributed by atoms with Gasteiger partial charge in [0.1, 0.15) is 6.04 Å². The highest BCUT2D eigenvalue weighted by Crippen LogP contribution is 2.47. The molecule has 1 aliphatic heterocycles. The van der Waals surface area contributed by atoms with Gasteiger partial charge in [-0.25, -0.2) is 0 Å². The zero-order valence-corrected chi connectivity index (χ0v) is 9.77. The molecule has 1 N–H and O–H groups in total. The maximum Gasteiger partial charge on any atom is 0.320 e. The molecule has 0 aromatic heterocycles. The summed E-state index contributed by atoms with van der Waals surface area (Å²) in [6, 6.07) is 0.415. The summed E-state index contributed by atoms with van der Waals surface area (Å²) in [5.74, 6) is 1.12. The highest BCUT2D eigenvalue weighted by atomic mass is 16.4. The zero-order valence-electron chi connectivity index (χ0n) is 9.77. The molecular weight excluding hydrogens is 202 g/mol. The van der Waals surface area contributed by atoms with Gasteiger partial charge in [0, 0.05) is 6.04 Å². The second-order valence-electron chi connectivity index (χ2n) is 5.83. The van der Waals surface area contributed by atoms with Crippen LogP contribution in [0.15, 0.2) is 0 Å². The van der Waals surface area contributed by atoms with E-state index in [-0.39, 0.29) is 6.04 Å². The number of hydrogen-bond donors (Lipinski definition) is 1. The van der Waals surface area contributed by atoms with Gasteiger partial charge in [-0.15, -0.1) is 0 Å². The first-order valence-corrected chi connectivity index (χ1v) is 6.74. The molecule has 4 unspecified atom stereocenters. The first-order chi connectivity index (χ1) is 7.75. The van der Waals surface area contributed by atoms with Gasteiger partial charge in [-0.05, 0) is 50.5 Å². The molecule has 1 heterocycles. The van der Waals surface area contributed by atoms with Crippen LogP contribution in [0.4, 0.5) is 0 Å². The van der Waals surface area contributed by atoms with E-state index in [1.807, 2.05) is 0 Å². The largest absolute Gasteiger partial charge is 0.480 e. The fourth-order valence-corrected chi connectivity index (χ4v) is 4.23. The van der Waals surface area contributed by atoms with Crippen LogP contribution in [0.5, 0.6) is 0 Å². The van der Waals surface area contributed by atoms with Crippen molar-refractivity contribution in [2.45, 2.75) is 57.0 Å². The first-order valence-electron chi connectivity index (χ1n) is 6.74. The molecular formula is C13H21NO2. The molecule has 2 aliphatic carbocycles. The second kappa shape index (κ2) is 4.02. The number of carboxylic acid groups (broad SMARTS) is 1. The lowest BCUT2D eigenvalue weighted by molar-refractivity contribution is -0.146. The Morgan fingerprint density at radius 2 is 2.00 bits per heavy atom. The van der Waals surface area contributed by atoms with Gasteiger partial charge in [-0.1, -0.05) is 12.8 Å². The van der Waals surface area contributed by atoms with E-state index >= 15 is 0 Å². The van der Waals surface area contributed by atoms with Crippen molar-refractivity contribution < 1.29 is 9.90 Å². The highest BCUT2D eigenvalue weighted by Gasteiger charge is 2.45. The lowest BCUT2D eigenvalue weighted by Gasteiger charge is -2.41. The van der Waals surface area contributed by atoms with Crippen LogP contribution in [-0.4, -0.2) is 34.6 Å². The summed E-state index contributed by atoms with van der Waals surface area (Å²) in [5.41, 5.74) is 0. The number of piperidine rings is 1. The average Bonchev–Trinajstić information content (AvgIpc) is 2.90. The third-order valence-electron chi connectivity index (χ3n) is 4.96. The van der Waals surface area contributed by atoms with E-state index in [2.05, 4.69) is 4.90 Å². The Morgan fingerprint density at radius 3 is 2.62 bits per heavy atom. The summed E-state index contributed by atoms with van der Waals surface area (Å²) in [4.78, 5) is 13.6. The highest BCUT2D eigenvalue weighted by molar-refractivity contribution is 5.73. The van der Waals surface area contributed by atoms with E-state index in [0.29, 0.717) is 6.04 Å². The first kappa shape index (κ1) is 10.6. The van der Waals surface area contributed by atoms with E-state index in [1.165, 1.54) is 32.1 Å². The Kier molecular flexibility index (Phi) is 2.66. The molecule has 2 saturated carbocycles. The Bertz CT molecular complexity index is 292. The molecule has 3 nitrogen and oxygen atoms in total. The van der Waals surface area contributed by atoms with E-state index in [9.17, 15) is 9.90 Å². The standard InChI is InChI=1S/C13H21NO2/c15-13(16)11-3-1-2-6-14(11)12-8-9-4-5-10(12)7-9/h9-12H,1-8H2,(H,15,16). The monoisotopic (exact) mass is 223 g/mol. The topological polar surface area (TPSA) is 40.5 Å². The number of fused-ring (bicyclic) bond motifs is 2. The SMILES string of the molecule is O=C(O)C1CCCCN1C1CC2CCC1C2. The molecule has 0 amide bonds. The molecule has 16 heavy (non-hydrogen) atoms. The quantitative estimate of drug-likeness (QED) is 0.779. The van der Waals surface area contributed by atoms with Crippen molar-refractivity contribution in [3.8, 4) is 0 Å². The maximum absolute atomic E-state index is 11.3. The van der Waals surface area contributed by atoms with Gasteiger partial charge in [-0.3, -0.25) is 9.69 Å². The molecule has 0 spiro atoms. The van der Waals surface area contributed by atoms with Gasteiger partial charge in [0.25, 0.3) is 0 Å². The summed E-state index contributed by atoms with van der Waals surface area (Å²) in [7, 11) is 0. The molecule has 3 aliphatic rings. The van der Waals surface area contributed by atoms with Gasteiger partial charge >= 0.3 is 5.97 Å². The molecule has 2 bridgehead atoms. The Balaban J connectivity index is 1.74. The van der Waals surface area contributed by atoms with Crippen molar-refractivity contribution in [1.82, 2.24) is 4.90 Å². The minimum absolute atomic E-state index is 0.182. The predicted molar refractivity (Wildman–Crippen MR) is 61.2 cm³/mol. The van der Waals surface area contributed by atoms with E-state index < -0.39 is 5.97 Å². The lowest BCUT2D eigenvalue weighted by Crippen LogP contribution is -2.51. The van der Waals surface area contributed by atoms with Crippen molar-refractivity contribution in [2.75, 3.05) is 6.54 Å². The number of hydrogen-bond acceptors (Lipinski definition) is 2. The molecule has 4 atom stereocenters. The minimum Gasteiger partial charge on any atom is -0.480 e. The van der Waals surface area contributed by atoms with Crippen molar-refractivity contribution >= 4 is 5.97 Å². The van der Waals surface area contributed by atoms with E-state index in [1.54, 1.807) is 0 Å². The van der Waals surface area contributed by atoms with Crippen molar-refractivity contribution in [1.29, 1.82) is 0 Å². The van der Waals surface area contributed by atoms with Gasteiger partial charge < -0.3 is 5.11 Å². The summed E-state index contributed by atoms with van der Waals surface area (Å²) < 4.78 is 0. The number of aliphatic carboxylic acids is 1. The van der Waals surface area contributed by atoms with Crippen LogP contribution >= 0.6 is 0 Å². The Morgan fingerprint density at radius 1 is 1.12 bits per heavy atom. The van der Waals surface area contributed by atoms with Crippen molar-refractivity contribution in [3.05, 3.63) is 0 Å². The van der Waals surface area contributed by atoms with Crippen LogP contribution in [0.1, 0.15) is 44.9 Å². The summed E-state index contributed by atoms with van der Waals surface area (Å²) in [5, 5.41) is 9.30. The summed E-state index contributed by atoms with van der Waals surface area (Å²) in [6.45, 7) is 1.02. The van der Waals surface area contributed by atoms with Gasteiger partial charge in [0.15, 0.2) is 0 Å². The second-order valence-corrected chi connectivity index (χ2v) is 5.83. The van der Waals surface area contributed by atoms with Crippen LogP contribution in [0, 0.1) is 11.8 Å². The molecule has 3 heteroatoms. The third-order valence-corrected chi connectivity index (χ3v) is 4.96. The average molecular weight is 223 g/mol. The molecule has 3 rings (SSSR count). The molecule has 1 saturated heterocycles. The number of rotatable bonds is 2. The van der Waals surface area contributed by atoms with E-state index in [0.717, 1.165) is 31.2 Å². The third kappa shape index (κ3) is 1.65. The Hall–Kier alpha value is -0.570. The fourth-order valence-electron chi connectivity index (χ4n) is 4.23. The predicted octanol–water partition coefficient (Wildman–Crippen LogP) is 2.11. The van der Waals surface area contributed by atoms with Crippen LogP contribution < -0.4 is 0 Å². The lowest BCUT2D eigenvalue weighted by atomic mass is 9.90. The van der Waals surface area contributed by atoms with Crippen LogP contribution in [0.2, 0.25) is 0 Å². The molecule has 0 aromatic rings. The van der Waals surface area contributed by atoms with E-state index in [4.69, 9.17) is 0 Å². The van der Waals surface area contributed by atoms with Gasteiger partial charge in [0.05, 0.1) is 0 Å². The van der Waals surface area contributed by atoms with Crippen molar-refractivity contribution in [2.24, 2.45) is 11.8 Å². The molecule has 0 radical (unpaired) electrons. The summed E-state index contributed by atoms with van der Waals surface area (Å²) >= 11 is 0. The van der Waals surface area contributed by atoms with Gasteiger partial charge in [0.2, 0.25) is 0 Å². The minimum atomic E-state index is -0.595. The number of nitrogens with zero attached hydrogens (tertiary/aromatic N) is 1. The van der Waals surface area contributed by atoms with Gasteiger partial charge in [-0.2, -0.15) is 0 Å². The molecule has 90 valence electrons. The fraction of sp³-hybridized carbons (Fsp3) is 0.923. The molecule has 0 aromatic carbocycles. The maximum atomic E-state index is 11.3. The smallest absolute Gasteiger partial charge is 0.320 e. The zero-order chi connectivity index (χ0) is 11.1. The Labute approximate surface area is 96.8 Å². The van der Waals surface area contributed by atoms with Crippen molar-refractivity contribution in [3.63, 3.8) is 0 Å². The van der Waals surface area contributed by atoms with Crippen LogP contribution in [-0.2, 0) is 4.79 Å². The number of carbonyl (C=O) groups is 1. The number of likely N-dealkylation sites (tertiary alicyclic amines) is 1. The van der Waals surface area contributed by atoms with Crippen LogP contribution in [0.25, 0.3) is 0 Å². The van der Waals surface area contributed by atoms with Crippen LogP contribution in [0.3, 0.4) is 0 Å². The number of carboxylic acids is 1. The normalized spacial score (nSPS) is 43.8. The molecule has 3 fully saturated rings. The summed E-state index contributed by atoms with van der Waals surface area (Å²) in [6.07, 6.45) is 8.53.